The largest absolute Gasteiger partial charge is 2.00 e. The first-order chi connectivity index (χ1) is 8.70. The molecule has 0 saturated carbocycles. The van der Waals surface area contributed by atoms with Gasteiger partial charge in [-0.05, 0) is 5.56 Å². The van der Waals surface area contributed by atoms with Gasteiger partial charge in [0.1, 0.15) is 0 Å². The summed E-state index contributed by atoms with van der Waals surface area (Å²) in [6.45, 7) is 0. The van der Waals surface area contributed by atoms with Crippen molar-refractivity contribution in [2.45, 2.75) is 0 Å². The number of rotatable bonds is 2. The molecule has 0 fully saturated rings. The molecule has 0 atom stereocenters. The van der Waals surface area contributed by atoms with Gasteiger partial charge in [-0.25, -0.2) is 16.9 Å². The number of nitrogens with zero attached hydrogens (tertiary/aromatic N) is 1. The maximum atomic E-state index is 9.50. The number of nitriles is 1. The number of hydrogen-bond acceptors (Lipinski definition) is 3. The van der Waals surface area contributed by atoms with Crippen LogP contribution in [0, 0.1) is 54.6 Å². The van der Waals surface area contributed by atoms with Gasteiger partial charge in [0.25, 0.3) is 0 Å². The Morgan fingerprint density at radius 1 is 1.16 bits per heavy atom. The summed E-state index contributed by atoms with van der Waals surface area (Å²) in [4.78, 5) is 0. The molecule has 0 aromatic heterocycles. The van der Waals surface area contributed by atoms with Crippen molar-refractivity contribution in [1.29, 1.82) is 5.26 Å². The summed E-state index contributed by atoms with van der Waals surface area (Å²) < 4.78 is 0. The molecule has 2 rings (SSSR count). The Hall–Kier alpha value is -1.68. The number of phenols is 2. The van der Waals surface area contributed by atoms with Crippen LogP contribution < -0.4 is 0 Å². The van der Waals surface area contributed by atoms with E-state index in [1.165, 1.54) is 6.07 Å². The molecule has 3 nitrogen and oxygen atoms in total. The zero-order chi connectivity index (χ0) is 13.0. The van der Waals surface area contributed by atoms with Gasteiger partial charge < -0.3 is 10.2 Å². The SMILES string of the molecule is N#Cc1c(C=[C-]c2ccc(O)cc2)[c-]ccc1O.[U+2]. The standard InChI is InChI=1S/C15H9NO2.U/c16-10-14-12(2-1-3-15(14)18)7-4-11-5-8-13(17)9-6-11;/h1,3,5-9,17-18H;/q-2;+2. The van der Waals surface area contributed by atoms with Gasteiger partial charge in [0.05, 0.1) is 5.75 Å². The Morgan fingerprint density at radius 3 is 2.47 bits per heavy atom. The third-order valence-electron chi connectivity index (χ3n) is 2.37. The van der Waals surface area contributed by atoms with Crippen molar-refractivity contribution >= 4 is 6.08 Å². The first kappa shape index (κ1) is 15.4. The molecule has 19 heavy (non-hydrogen) atoms. The summed E-state index contributed by atoms with van der Waals surface area (Å²) in [5.74, 6) is 0.109. The van der Waals surface area contributed by atoms with Crippen molar-refractivity contribution in [2.75, 3.05) is 0 Å². The van der Waals surface area contributed by atoms with Crippen molar-refractivity contribution in [2.24, 2.45) is 0 Å². The van der Waals surface area contributed by atoms with Gasteiger partial charge in [-0.1, -0.05) is 12.1 Å². The van der Waals surface area contributed by atoms with E-state index in [4.69, 9.17) is 10.4 Å². The van der Waals surface area contributed by atoms with Crippen LogP contribution in [0.5, 0.6) is 11.5 Å². The smallest absolute Gasteiger partial charge is 0.527 e. The molecule has 0 saturated heterocycles. The average Bonchev–Trinajstić information content (AvgIpc) is 2.38. The quantitative estimate of drug-likeness (QED) is 0.521. The minimum Gasteiger partial charge on any atom is -0.527 e. The van der Waals surface area contributed by atoms with Crippen LogP contribution in [0.15, 0.2) is 36.4 Å². The Balaban J connectivity index is 0.00000180. The van der Waals surface area contributed by atoms with Crippen LogP contribution >= 0.6 is 0 Å². The summed E-state index contributed by atoms with van der Waals surface area (Å²) in [7, 11) is 0. The molecule has 2 N–H and O–H groups in total. The van der Waals surface area contributed by atoms with E-state index < -0.39 is 0 Å². The van der Waals surface area contributed by atoms with E-state index in [1.807, 2.05) is 6.07 Å². The van der Waals surface area contributed by atoms with Crippen LogP contribution in [0.25, 0.3) is 6.08 Å². The minimum atomic E-state index is -0.0741. The van der Waals surface area contributed by atoms with E-state index in [1.54, 1.807) is 36.4 Å². The van der Waals surface area contributed by atoms with Gasteiger partial charge in [-0.15, -0.1) is 18.2 Å². The normalized spacial score (nSPS) is 9.84. The molecule has 0 spiro atoms. The van der Waals surface area contributed by atoms with Crippen molar-refractivity contribution in [1.82, 2.24) is 0 Å². The van der Waals surface area contributed by atoms with Crippen LogP contribution in [0.4, 0.5) is 0 Å². The third-order valence-corrected chi connectivity index (χ3v) is 2.37. The summed E-state index contributed by atoms with van der Waals surface area (Å²) in [6.07, 6.45) is 4.53. The van der Waals surface area contributed by atoms with Crippen molar-refractivity contribution in [3.8, 4) is 17.6 Å². The number of phenolic OH excluding ortho intramolecular Hbond substituents is 2. The van der Waals surface area contributed by atoms with Crippen molar-refractivity contribution < 1.29 is 41.3 Å². The van der Waals surface area contributed by atoms with E-state index in [2.05, 4.69) is 12.1 Å². The molecule has 0 unspecified atom stereocenters. The van der Waals surface area contributed by atoms with Gasteiger partial charge in [0.2, 0.25) is 0 Å². The minimum absolute atomic E-state index is 0. The zero-order valence-corrected chi connectivity index (χ0v) is 14.0. The van der Waals surface area contributed by atoms with Crippen LogP contribution in [0.3, 0.4) is 0 Å². The Kier molecular flexibility index (Phi) is 5.70. The average molecular weight is 473 g/mol. The molecule has 4 heteroatoms. The van der Waals surface area contributed by atoms with Crippen LogP contribution in [0.2, 0.25) is 0 Å². The van der Waals surface area contributed by atoms with E-state index in [0.717, 1.165) is 5.56 Å². The van der Waals surface area contributed by atoms with Gasteiger partial charge in [0.15, 0.2) is 0 Å². The topological polar surface area (TPSA) is 64.2 Å². The number of hydrogen-bond donors (Lipinski definition) is 2. The first-order valence-electron chi connectivity index (χ1n) is 5.23. The van der Waals surface area contributed by atoms with Crippen LogP contribution in [0.1, 0.15) is 16.7 Å². The van der Waals surface area contributed by atoms with E-state index >= 15 is 0 Å². The molecule has 2 aromatic carbocycles. The molecule has 0 aliphatic carbocycles. The number of aromatic hydroxyl groups is 2. The molecule has 0 amide bonds. The molecule has 0 aliphatic rings. The molecule has 0 radical (unpaired) electrons. The summed E-state index contributed by atoms with van der Waals surface area (Å²) >= 11 is 0. The second-order valence-corrected chi connectivity index (χ2v) is 3.60. The Labute approximate surface area is 135 Å². The fourth-order valence-corrected chi connectivity index (χ4v) is 1.45. The van der Waals surface area contributed by atoms with E-state index in [-0.39, 0.29) is 48.2 Å². The third kappa shape index (κ3) is 3.89. The summed E-state index contributed by atoms with van der Waals surface area (Å²) in [5.41, 5.74) is 1.41. The second-order valence-electron chi connectivity index (χ2n) is 3.60. The Morgan fingerprint density at radius 2 is 1.84 bits per heavy atom. The van der Waals surface area contributed by atoms with Gasteiger partial charge in [-0.3, -0.25) is 0 Å². The van der Waals surface area contributed by atoms with Gasteiger partial charge in [0, 0.05) is 11.8 Å². The van der Waals surface area contributed by atoms with Gasteiger partial charge in [-0.2, -0.15) is 23.8 Å². The van der Waals surface area contributed by atoms with Crippen molar-refractivity contribution in [3.05, 3.63) is 65.2 Å². The predicted molar refractivity (Wildman–Crippen MR) is 66.6 cm³/mol. The second kappa shape index (κ2) is 7.04. The van der Waals surface area contributed by atoms with E-state index in [0.29, 0.717) is 5.56 Å². The maximum absolute atomic E-state index is 9.50. The van der Waals surface area contributed by atoms with Crippen LogP contribution in [-0.2, 0) is 0 Å². The summed E-state index contributed by atoms with van der Waals surface area (Å²) in [6, 6.07) is 14.2. The molecular weight excluding hydrogens is 464 g/mol. The molecule has 0 bridgehead atoms. The van der Waals surface area contributed by atoms with Gasteiger partial charge >= 0.3 is 31.1 Å². The maximum Gasteiger partial charge on any atom is 2.00 e. The van der Waals surface area contributed by atoms with Crippen LogP contribution in [-0.4, -0.2) is 10.2 Å². The molecule has 0 heterocycles. The molecular formula is C15H9NO2U. The molecule has 0 aliphatic heterocycles. The number of benzene rings is 2. The fourth-order valence-electron chi connectivity index (χ4n) is 1.45. The molecule has 90 valence electrons. The van der Waals surface area contributed by atoms with E-state index in [9.17, 15) is 5.11 Å². The monoisotopic (exact) mass is 473 g/mol. The Bertz CT molecular complexity index is 628. The molecule has 2 aromatic rings. The fraction of sp³-hybridized carbons (Fsp3) is 0. The zero-order valence-electron chi connectivity index (χ0n) is 9.88. The first-order valence-corrected chi connectivity index (χ1v) is 5.23. The predicted octanol–water partition coefficient (Wildman–Crippen LogP) is 2.63. The summed E-state index contributed by atoms with van der Waals surface area (Å²) in [5, 5.41) is 27.6. The van der Waals surface area contributed by atoms with Crippen molar-refractivity contribution in [3.63, 3.8) is 0 Å².